The Bertz CT molecular complexity index is 1180. The number of piperazine rings is 1. The van der Waals surface area contributed by atoms with E-state index in [0.29, 0.717) is 71.2 Å². The summed E-state index contributed by atoms with van der Waals surface area (Å²) < 4.78 is 5.85. The first-order valence-electron chi connectivity index (χ1n) is 10.8. The summed E-state index contributed by atoms with van der Waals surface area (Å²) in [6, 6.07) is 13.7. The van der Waals surface area contributed by atoms with Gasteiger partial charge in [-0.25, -0.2) is 0 Å². The van der Waals surface area contributed by atoms with E-state index in [1.165, 1.54) is 0 Å². The number of carbonyl (C=O) groups excluding carboxylic acids is 2. The van der Waals surface area contributed by atoms with Gasteiger partial charge in [0.15, 0.2) is 0 Å². The lowest BCUT2D eigenvalue weighted by molar-refractivity contribution is 0.0535. The van der Waals surface area contributed by atoms with Crippen molar-refractivity contribution in [3.63, 3.8) is 0 Å². The second-order valence-electron chi connectivity index (χ2n) is 7.80. The summed E-state index contributed by atoms with van der Waals surface area (Å²) >= 11 is 18.4. The van der Waals surface area contributed by atoms with Gasteiger partial charge in [-0.3, -0.25) is 14.6 Å². The van der Waals surface area contributed by atoms with Gasteiger partial charge in [0.2, 0.25) is 0 Å². The summed E-state index contributed by atoms with van der Waals surface area (Å²) in [5, 5.41) is 1.57. The molecule has 176 valence electrons. The first-order chi connectivity index (χ1) is 16.4. The van der Waals surface area contributed by atoms with Crippen molar-refractivity contribution in [2.75, 3.05) is 32.8 Å². The molecule has 0 saturated carbocycles. The number of hydrogen-bond donors (Lipinski definition) is 0. The van der Waals surface area contributed by atoms with Crippen LogP contribution in [0.2, 0.25) is 15.1 Å². The molecule has 0 N–H and O–H groups in total. The zero-order chi connectivity index (χ0) is 24.1. The van der Waals surface area contributed by atoms with Crippen LogP contribution in [0.5, 0.6) is 5.75 Å². The molecule has 0 radical (unpaired) electrons. The number of nitrogens with zero attached hydrogens (tertiary/aromatic N) is 3. The number of ether oxygens (including phenoxy) is 1. The molecule has 0 unspecified atom stereocenters. The van der Waals surface area contributed by atoms with Crippen LogP contribution in [0.4, 0.5) is 0 Å². The van der Waals surface area contributed by atoms with Gasteiger partial charge in [-0.1, -0.05) is 40.9 Å². The van der Waals surface area contributed by atoms with Crippen molar-refractivity contribution >= 4 is 46.6 Å². The fraction of sp³-hybridized carbons (Fsp3) is 0.240. The molecule has 4 rings (SSSR count). The predicted octanol–water partition coefficient (Wildman–Crippen LogP) is 5.26. The number of amides is 2. The summed E-state index contributed by atoms with van der Waals surface area (Å²) in [6.07, 6.45) is 3.76. The number of pyridine rings is 1. The van der Waals surface area contributed by atoms with Gasteiger partial charge < -0.3 is 14.5 Å². The highest BCUT2D eigenvalue weighted by molar-refractivity contribution is 6.35. The highest BCUT2D eigenvalue weighted by Gasteiger charge is 2.26. The number of hydrogen-bond acceptors (Lipinski definition) is 4. The molecule has 0 atom stereocenters. The van der Waals surface area contributed by atoms with Crippen molar-refractivity contribution in [1.82, 2.24) is 14.8 Å². The lowest BCUT2D eigenvalue weighted by Gasteiger charge is -2.35. The van der Waals surface area contributed by atoms with E-state index in [2.05, 4.69) is 4.98 Å². The maximum atomic E-state index is 13.1. The van der Waals surface area contributed by atoms with Crippen molar-refractivity contribution in [2.45, 2.75) is 6.42 Å². The van der Waals surface area contributed by atoms with E-state index in [4.69, 9.17) is 39.5 Å². The lowest BCUT2D eigenvalue weighted by atomic mass is 10.1. The molecule has 2 amide bonds. The first kappa shape index (κ1) is 24.3. The number of aromatic nitrogens is 1. The van der Waals surface area contributed by atoms with Crippen molar-refractivity contribution < 1.29 is 14.3 Å². The normalized spacial score (nSPS) is 13.6. The van der Waals surface area contributed by atoms with Crippen LogP contribution < -0.4 is 4.74 Å². The third kappa shape index (κ3) is 5.81. The molecule has 1 aliphatic heterocycles. The maximum Gasteiger partial charge on any atom is 0.254 e. The third-order valence-corrected chi connectivity index (χ3v) is 6.50. The standard InChI is InChI=1S/C25H22Cl3N3O3/c26-20-3-1-17(22(28)16-20)7-14-34-23-15-19(2-4-21(23)27)25(33)31-12-10-30(11-13-31)24(32)18-5-8-29-9-6-18/h1-6,8-9,15-16H,7,10-14H2. The molecule has 1 saturated heterocycles. The van der Waals surface area contributed by atoms with E-state index in [-0.39, 0.29) is 11.8 Å². The fourth-order valence-corrected chi connectivity index (χ4v) is 4.39. The molecule has 9 heteroatoms. The molecular weight excluding hydrogens is 497 g/mol. The summed E-state index contributed by atoms with van der Waals surface area (Å²) in [5.41, 5.74) is 1.99. The van der Waals surface area contributed by atoms with E-state index < -0.39 is 0 Å². The Balaban J connectivity index is 1.35. The van der Waals surface area contributed by atoms with Crippen LogP contribution in [0.15, 0.2) is 60.9 Å². The molecular formula is C25H22Cl3N3O3. The summed E-state index contributed by atoms with van der Waals surface area (Å²) in [6.45, 7) is 2.17. The second kappa shape index (κ2) is 11.1. The quantitative estimate of drug-likeness (QED) is 0.446. The van der Waals surface area contributed by atoms with Crippen molar-refractivity contribution in [2.24, 2.45) is 0 Å². The van der Waals surface area contributed by atoms with Crippen LogP contribution in [0.25, 0.3) is 0 Å². The molecule has 0 spiro atoms. The Morgan fingerprint density at radius 1 is 0.794 bits per heavy atom. The molecule has 3 aromatic rings. The number of halogens is 3. The second-order valence-corrected chi connectivity index (χ2v) is 9.05. The predicted molar refractivity (Wildman–Crippen MR) is 133 cm³/mol. The molecule has 0 bridgehead atoms. The van der Waals surface area contributed by atoms with E-state index in [9.17, 15) is 9.59 Å². The van der Waals surface area contributed by atoms with Gasteiger partial charge in [-0.15, -0.1) is 0 Å². The van der Waals surface area contributed by atoms with Crippen molar-refractivity contribution in [3.05, 3.63) is 92.7 Å². The summed E-state index contributed by atoms with van der Waals surface area (Å²) in [7, 11) is 0. The van der Waals surface area contributed by atoms with Crippen molar-refractivity contribution in [1.29, 1.82) is 0 Å². The van der Waals surface area contributed by atoms with Gasteiger partial charge >= 0.3 is 0 Å². The summed E-state index contributed by atoms with van der Waals surface area (Å²) in [4.78, 5) is 33.1. The van der Waals surface area contributed by atoms with Gasteiger partial charge in [0.1, 0.15) is 5.75 Å². The molecule has 34 heavy (non-hydrogen) atoms. The van der Waals surface area contributed by atoms with Crippen molar-refractivity contribution in [3.8, 4) is 5.75 Å². The smallest absolute Gasteiger partial charge is 0.254 e. The number of benzene rings is 2. The largest absolute Gasteiger partial charge is 0.492 e. The van der Waals surface area contributed by atoms with Gasteiger partial charge in [0.25, 0.3) is 11.8 Å². The zero-order valence-electron chi connectivity index (χ0n) is 18.2. The molecule has 2 heterocycles. The highest BCUT2D eigenvalue weighted by atomic mass is 35.5. The van der Waals surface area contributed by atoms with Crippen LogP contribution in [0, 0.1) is 0 Å². The SMILES string of the molecule is O=C(c1ccncc1)N1CCN(C(=O)c2ccc(Cl)c(OCCc3ccc(Cl)cc3Cl)c2)CC1. The van der Waals surface area contributed by atoms with Crippen LogP contribution in [0.3, 0.4) is 0 Å². The zero-order valence-corrected chi connectivity index (χ0v) is 20.5. The molecule has 1 aromatic heterocycles. The topological polar surface area (TPSA) is 62.7 Å². The minimum atomic E-state index is -0.127. The average molecular weight is 519 g/mol. The van der Waals surface area contributed by atoms with Gasteiger partial charge in [-0.2, -0.15) is 0 Å². The van der Waals surface area contributed by atoms with Crippen LogP contribution >= 0.6 is 34.8 Å². The molecule has 1 fully saturated rings. The Morgan fingerprint density at radius 3 is 2.09 bits per heavy atom. The fourth-order valence-electron chi connectivity index (χ4n) is 3.71. The first-order valence-corrected chi connectivity index (χ1v) is 11.9. The third-order valence-electron chi connectivity index (χ3n) is 5.60. The van der Waals surface area contributed by atoms with Crippen LogP contribution in [-0.4, -0.2) is 59.4 Å². The van der Waals surface area contributed by atoms with Gasteiger partial charge in [0, 0.05) is 66.2 Å². The monoisotopic (exact) mass is 517 g/mol. The molecule has 6 nitrogen and oxygen atoms in total. The van der Waals surface area contributed by atoms with Crippen LogP contribution in [0.1, 0.15) is 26.3 Å². The molecule has 1 aliphatic rings. The Labute approximate surface area is 213 Å². The van der Waals surface area contributed by atoms with Gasteiger partial charge in [0.05, 0.1) is 11.6 Å². The molecule has 0 aliphatic carbocycles. The Morgan fingerprint density at radius 2 is 1.44 bits per heavy atom. The van der Waals surface area contributed by atoms with Gasteiger partial charge in [-0.05, 0) is 48.0 Å². The average Bonchev–Trinajstić information content (AvgIpc) is 2.86. The maximum absolute atomic E-state index is 13.1. The highest BCUT2D eigenvalue weighted by Crippen LogP contribution is 2.27. The minimum Gasteiger partial charge on any atom is -0.492 e. The van der Waals surface area contributed by atoms with E-state index >= 15 is 0 Å². The van der Waals surface area contributed by atoms with E-state index in [1.54, 1.807) is 64.7 Å². The minimum absolute atomic E-state index is 0.0579. The van der Waals surface area contributed by atoms with Crippen LogP contribution in [-0.2, 0) is 6.42 Å². The van der Waals surface area contributed by atoms with E-state index in [1.807, 2.05) is 6.07 Å². The Hall–Kier alpha value is -2.80. The van der Waals surface area contributed by atoms with E-state index in [0.717, 1.165) is 5.56 Å². The Kier molecular flexibility index (Phi) is 7.93. The lowest BCUT2D eigenvalue weighted by Crippen LogP contribution is -2.50. The summed E-state index contributed by atoms with van der Waals surface area (Å²) in [5.74, 6) is 0.250. The number of carbonyl (C=O) groups is 2. The molecule has 2 aromatic carbocycles. The number of rotatable bonds is 6.